The zero-order valence-electron chi connectivity index (χ0n) is 15.4. The molecule has 0 bridgehead atoms. The monoisotopic (exact) mass is 520 g/mol. The molecule has 0 aliphatic carbocycles. The first-order valence-electron chi connectivity index (χ1n) is 8.16. The van der Waals surface area contributed by atoms with E-state index in [-0.39, 0.29) is 28.1 Å². The normalized spacial score (nSPS) is 12.8. The summed E-state index contributed by atoms with van der Waals surface area (Å²) in [6.45, 7) is 0.0168. The lowest BCUT2D eigenvalue weighted by Crippen LogP contribution is -2.58. The van der Waals surface area contributed by atoms with E-state index < -0.39 is 24.0 Å². The highest BCUT2D eigenvalue weighted by molar-refractivity contribution is 9.10. The first-order chi connectivity index (χ1) is 14.3. The topological polar surface area (TPSA) is 42.8 Å². The molecule has 0 aliphatic rings. The van der Waals surface area contributed by atoms with Crippen LogP contribution in [0, 0.1) is 5.82 Å². The molecule has 0 radical (unpaired) electrons. The Balaban J connectivity index is 2.16. The summed E-state index contributed by atoms with van der Waals surface area (Å²) >= 11 is 3.15. The molecule has 0 atom stereocenters. The van der Waals surface area contributed by atoms with Gasteiger partial charge in [-0.3, -0.25) is 0 Å². The predicted octanol–water partition coefficient (Wildman–Crippen LogP) is 5.89. The molecule has 0 aromatic heterocycles. The van der Waals surface area contributed by atoms with E-state index in [1.165, 1.54) is 43.5 Å². The lowest BCUT2D eigenvalue weighted by molar-refractivity contribution is -0.361. The molecule has 4 nitrogen and oxygen atoms in total. The third-order valence-electron chi connectivity index (χ3n) is 3.72. The van der Waals surface area contributed by atoms with Gasteiger partial charge in [0.2, 0.25) is 0 Å². The van der Waals surface area contributed by atoms with Crippen LogP contribution in [-0.2, 0) is 6.61 Å². The Morgan fingerprint density at radius 2 is 1.65 bits per heavy atom. The maximum atomic E-state index is 13.2. The number of methoxy groups -OCH3 is 1. The minimum absolute atomic E-state index is 0.0106. The van der Waals surface area contributed by atoms with E-state index in [0.717, 1.165) is 0 Å². The number of ether oxygens (including phenoxy) is 2. The van der Waals surface area contributed by atoms with Gasteiger partial charge in [0.25, 0.3) is 0 Å². The molecule has 0 unspecified atom stereocenters. The summed E-state index contributed by atoms with van der Waals surface area (Å²) in [6, 6.07) is 2.24. The second kappa shape index (κ2) is 9.28. The van der Waals surface area contributed by atoms with Crippen LogP contribution in [0.25, 0.3) is 0 Å². The van der Waals surface area contributed by atoms with Gasteiger partial charge in [-0.05, 0) is 51.3 Å². The Kier molecular flexibility index (Phi) is 7.40. The zero-order valence-corrected chi connectivity index (χ0v) is 17.0. The third-order valence-corrected chi connectivity index (χ3v) is 4.31. The van der Waals surface area contributed by atoms with Crippen LogP contribution in [0.2, 0.25) is 0 Å². The number of nitrogens with one attached hydrogen (secondary N) is 1. The highest BCUT2D eigenvalue weighted by atomic mass is 79.9. The molecule has 0 saturated carbocycles. The number of hydrogen-bond acceptors (Lipinski definition) is 4. The van der Waals surface area contributed by atoms with Crippen molar-refractivity contribution in [3.8, 4) is 11.5 Å². The number of benzene rings is 2. The van der Waals surface area contributed by atoms with Crippen LogP contribution in [0.5, 0.6) is 11.5 Å². The van der Waals surface area contributed by atoms with Gasteiger partial charge in [0.05, 0.1) is 17.8 Å². The quantitative estimate of drug-likeness (QED) is 0.204. The summed E-state index contributed by atoms with van der Waals surface area (Å²) in [5, 5.41) is 2.78. The number of rotatable bonds is 8. The summed E-state index contributed by atoms with van der Waals surface area (Å²) < 4.78 is 112. The minimum Gasteiger partial charge on any atom is -0.493 e. The van der Waals surface area contributed by atoms with Gasteiger partial charge in [0, 0.05) is 0 Å². The van der Waals surface area contributed by atoms with Crippen LogP contribution >= 0.6 is 15.9 Å². The van der Waals surface area contributed by atoms with Gasteiger partial charge in [-0.2, -0.15) is 35.8 Å². The van der Waals surface area contributed by atoms with Gasteiger partial charge < -0.3 is 9.47 Å². The van der Waals surface area contributed by atoms with Gasteiger partial charge in [-0.15, -0.1) is 0 Å². The van der Waals surface area contributed by atoms with Gasteiger partial charge in [0.1, 0.15) is 12.4 Å². The first-order valence-corrected chi connectivity index (χ1v) is 8.95. The molecule has 1 N–H and O–H groups in total. The zero-order chi connectivity index (χ0) is 23.4. The van der Waals surface area contributed by atoms with Crippen LogP contribution in [0.1, 0.15) is 11.1 Å². The minimum atomic E-state index is -6.48. The number of halogens is 9. The molecule has 170 valence electrons. The van der Waals surface area contributed by atoms with E-state index in [1.54, 1.807) is 0 Å². The fraction of sp³-hybridized carbons (Fsp3) is 0.278. The van der Waals surface area contributed by atoms with E-state index in [2.05, 4.69) is 21.0 Å². The molecule has 2 aromatic carbocycles. The average Bonchev–Trinajstić information content (AvgIpc) is 2.67. The fourth-order valence-corrected chi connectivity index (χ4v) is 2.70. The second-order valence-corrected chi connectivity index (χ2v) is 6.82. The van der Waals surface area contributed by atoms with Gasteiger partial charge in [0.15, 0.2) is 11.5 Å². The molecule has 13 heteroatoms. The van der Waals surface area contributed by atoms with E-state index >= 15 is 0 Å². The predicted molar refractivity (Wildman–Crippen MR) is 98.1 cm³/mol. The smallest absolute Gasteiger partial charge is 0.462 e. The lowest BCUT2D eigenvalue weighted by atomic mass is 10.2. The van der Waals surface area contributed by atoms with Crippen LogP contribution in [0.15, 0.2) is 46.0 Å². The van der Waals surface area contributed by atoms with E-state index in [9.17, 15) is 35.1 Å². The second-order valence-electron chi connectivity index (χ2n) is 5.97. The van der Waals surface area contributed by atoms with E-state index in [0.29, 0.717) is 17.2 Å². The highest BCUT2D eigenvalue weighted by Gasteiger charge is 2.73. The Labute approximate surface area is 179 Å². The Bertz CT molecular complexity index is 933. The van der Waals surface area contributed by atoms with Crippen LogP contribution < -0.4 is 14.9 Å². The van der Waals surface area contributed by atoms with Crippen molar-refractivity contribution in [2.24, 2.45) is 5.10 Å². The number of hydrogen-bond donors (Lipinski definition) is 1. The molecule has 31 heavy (non-hydrogen) atoms. The summed E-state index contributed by atoms with van der Waals surface area (Å²) in [6.07, 6.45) is -5.88. The number of alkyl halides is 7. The molecule has 2 rings (SSSR count). The van der Waals surface area contributed by atoms with E-state index in [1.807, 2.05) is 0 Å². The standard InChI is InChI=1S/C18H13BrF8N2O2/c1-30-14-7-11(8-28-29-18(26,27)16(21,22)17(23,24)25)6-13(19)15(14)31-9-10-2-4-12(20)5-3-10/h2-8,29H,9H2,1H3/b28-8+. The first kappa shape index (κ1) is 24.7. The maximum Gasteiger partial charge on any atom is 0.462 e. The fourth-order valence-electron chi connectivity index (χ4n) is 2.13. The van der Waals surface area contributed by atoms with Crippen molar-refractivity contribution in [1.29, 1.82) is 0 Å². The number of hydrazone groups is 1. The van der Waals surface area contributed by atoms with Gasteiger partial charge >= 0.3 is 18.1 Å². The summed E-state index contributed by atoms with van der Waals surface area (Å²) in [7, 11) is 1.25. The molecule has 0 heterocycles. The summed E-state index contributed by atoms with van der Waals surface area (Å²) in [5.41, 5.74) is 1.16. The summed E-state index contributed by atoms with van der Waals surface area (Å²) in [5.74, 6) is -6.53. The molecule has 0 spiro atoms. The average molecular weight is 521 g/mol. The molecular weight excluding hydrogens is 508 g/mol. The lowest BCUT2D eigenvalue weighted by Gasteiger charge is -2.27. The van der Waals surface area contributed by atoms with Crippen molar-refractivity contribution in [3.05, 3.63) is 57.8 Å². The van der Waals surface area contributed by atoms with Crippen molar-refractivity contribution < 1.29 is 44.6 Å². The van der Waals surface area contributed by atoms with Crippen LogP contribution in [-0.4, -0.2) is 31.5 Å². The van der Waals surface area contributed by atoms with Crippen molar-refractivity contribution >= 4 is 22.1 Å². The van der Waals surface area contributed by atoms with Gasteiger partial charge in [-0.1, -0.05) is 12.1 Å². The van der Waals surface area contributed by atoms with Crippen LogP contribution in [0.4, 0.5) is 35.1 Å². The SMILES string of the molecule is COc1cc(/C=N/NC(F)(F)C(F)(F)C(F)(F)F)cc(Br)c1OCc1ccc(F)cc1. The van der Waals surface area contributed by atoms with E-state index in [4.69, 9.17) is 9.47 Å². The van der Waals surface area contributed by atoms with Crippen molar-refractivity contribution in [3.63, 3.8) is 0 Å². The molecule has 2 aromatic rings. The van der Waals surface area contributed by atoms with Crippen molar-refractivity contribution in [2.75, 3.05) is 7.11 Å². The van der Waals surface area contributed by atoms with Crippen molar-refractivity contribution in [2.45, 2.75) is 24.8 Å². The van der Waals surface area contributed by atoms with Crippen LogP contribution in [0.3, 0.4) is 0 Å². The molecule has 0 amide bonds. The van der Waals surface area contributed by atoms with Crippen molar-refractivity contribution in [1.82, 2.24) is 5.43 Å². The Hall–Kier alpha value is -2.57. The third kappa shape index (κ3) is 5.77. The summed E-state index contributed by atoms with van der Waals surface area (Å²) in [4.78, 5) is 0. The Morgan fingerprint density at radius 3 is 2.19 bits per heavy atom. The maximum absolute atomic E-state index is 13.2. The largest absolute Gasteiger partial charge is 0.493 e. The molecule has 0 aliphatic heterocycles. The molecule has 0 fully saturated rings. The highest BCUT2D eigenvalue weighted by Crippen LogP contribution is 2.45. The molecule has 0 saturated heterocycles. The van der Waals surface area contributed by atoms with Gasteiger partial charge in [-0.25, -0.2) is 9.82 Å². The Morgan fingerprint density at radius 1 is 1.03 bits per heavy atom. The number of nitrogens with zero attached hydrogens (tertiary/aromatic N) is 1. The molecular formula is C18H13BrF8N2O2.